The number of ether oxygens (including phenoxy) is 1. The molecule has 19 heavy (non-hydrogen) atoms. The van der Waals surface area contributed by atoms with Crippen LogP contribution in [0.4, 0.5) is 0 Å². The Morgan fingerprint density at radius 3 is 2.84 bits per heavy atom. The smallest absolute Gasteiger partial charge is 0.178 e. The molecule has 1 heterocycles. The van der Waals surface area contributed by atoms with Crippen LogP contribution in [0.15, 0.2) is 18.2 Å². The van der Waals surface area contributed by atoms with Gasteiger partial charge in [-0.1, -0.05) is 6.07 Å². The fourth-order valence-electron chi connectivity index (χ4n) is 2.19. The summed E-state index contributed by atoms with van der Waals surface area (Å²) in [6, 6.07) is 6.41. The van der Waals surface area contributed by atoms with Crippen molar-refractivity contribution >= 4 is 23.3 Å². The van der Waals surface area contributed by atoms with E-state index in [4.69, 9.17) is 17.0 Å². The molecule has 0 atom stereocenters. The highest BCUT2D eigenvalue weighted by atomic mass is 32.1. The maximum atomic E-state index is 5.55. The Balaban J connectivity index is 2.00. The molecule has 0 unspecified atom stereocenters. The normalized spacial score (nSPS) is 11.6. The van der Waals surface area contributed by atoms with E-state index < -0.39 is 0 Å². The SMILES string of the molecule is Cc1ccc2c(c1)[nH]c(=S)n2CCCCOC(C)C. The molecule has 0 aliphatic heterocycles. The Bertz CT molecular complexity index is 598. The van der Waals surface area contributed by atoms with Gasteiger partial charge in [0.05, 0.1) is 17.1 Å². The van der Waals surface area contributed by atoms with Gasteiger partial charge >= 0.3 is 0 Å². The molecule has 1 N–H and O–H groups in total. The fraction of sp³-hybridized carbons (Fsp3) is 0.533. The van der Waals surface area contributed by atoms with Crippen molar-refractivity contribution in [2.45, 2.75) is 46.3 Å². The minimum atomic E-state index is 0.318. The first-order chi connectivity index (χ1) is 9.08. The monoisotopic (exact) mass is 278 g/mol. The van der Waals surface area contributed by atoms with Crippen LogP contribution in [0.3, 0.4) is 0 Å². The third kappa shape index (κ3) is 3.67. The van der Waals surface area contributed by atoms with Gasteiger partial charge in [-0.05, 0) is 63.5 Å². The largest absolute Gasteiger partial charge is 0.379 e. The number of hydrogen-bond donors (Lipinski definition) is 1. The number of imidazole rings is 1. The molecule has 0 saturated carbocycles. The molecule has 1 aromatic carbocycles. The van der Waals surface area contributed by atoms with Crippen molar-refractivity contribution in [3.8, 4) is 0 Å². The number of aryl methyl sites for hydroxylation is 2. The lowest BCUT2D eigenvalue weighted by atomic mass is 10.2. The first-order valence-electron chi connectivity index (χ1n) is 6.88. The van der Waals surface area contributed by atoms with Gasteiger partial charge in [-0.25, -0.2) is 0 Å². The van der Waals surface area contributed by atoms with E-state index in [2.05, 4.69) is 48.5 Å². The standard InChI is InChI=1S/C15H22N2OS/c1-11(2)18-9-5-4-8-17-14-7-6-12(3)10-13(14)16-15(17)19/h6-7,10-11H,4-5,8-9H2,1-3H3,(H,16,19). The van der Waals surface area contributed by atoms with Gasteiger partial charge < -0.3 is 14.3 Å². The Hall–Kier alpha value is -1.13. The van der Waals surface area contributed by atoms with Gasteiger partial charge in [-0.3, -0.25) is 0 Å². The van der Waals surface area contributed by atoms with Gasteiger partial charge in [0.2, 0.25) is 0 Å². The molecule has 104 valence electrons. The Labute approximate surface area is 119 Å². The van der Waals surface area contributed by atoms with Gasteiger partial charge in [-0.2, -0.15) is 0 Å². The first kappa shape index (κ1) is 14.3. The minimum Gasteiger partial charge on any atom is -0.379 e. The van der Waals surface area contributed by atoms with Gasteiger partial charge in [0, 0.05) is 13.2 Å². The molecule has 0 saturated heterocycles. The van der Waals surface area contributed by atoms with Gasteiger partial charge in [0.15, 0.2) is 4.77 Å². The second kappa shape index (κ2) is 6.35. The maximum Gasteiger partial charge on any atom is 0.178 e. The summed E-state index contributed by atoms with van der Waals surface area (Å²) < 4.78 is 8.54. The minimum absolute atomic E-state index is 0.318. The Kier molecular flexibility index (Phi) is 4.77. The average Bonchev–Trinajstić information content (AvgIpc) is 2.64. The van der Waals surface area contributed by atoms with Crippen LogP contribution in [0.25, 0.3) is 11.0 Å². The number of H-pyrrole nitrogens is 1. The molecular formula is C15H22N2OS. The number of unbranched alkanes of at least 4 members (excludes halogenated alkanes) is 1. The molecular weight excluding hydrogens is 256 g/mol. The second-order valence-electron chi connectivity index (χ2n) is 5.23. The number of hydrogen-bond acceptors (Lipinski definition) is 2. The Morgan fingerprint density at radius 2 is 2.11 bits per heavy atom. The molecule has 0 aliphatic rings. The van der Waals surface area contributed by atoms with Gasteiger partial charge in [-0.15, -0.1) is 0 Å². The van der Waals surface area contributed by atoms with Crippen molar-refractivity contribution < 1.29 is 4.74 Å². The molecule has 2 rings (SSSR count). The lowest BCUT2D eigenvalue weighted by Crippen LogP contribution is -2.05. The third-order valence-corrected chi connectivity index (χ3v) is 3.48. The number of aromatic nitrogens is 2. The van der Waals surface area contributed by atoms with Crippen LogP contribution in [0, 0.1) is 11.7 Å². The summed E-state index contributed by atoms with van der Waals surface area (Å²) in [7, 11) is 0. The van der Waals surface area contributed by atoms with Crippen LogP contribution in [-0.2, 0) is 11.3 Å². The summed E-state index contributed by atoms with van der Waals surface area (Å²) in [6.45, 7) is 8.00. The van der Waals surface area contributed by atoms with Crippen LogP contribution < -0.4 is 0 Å². The zero-order valence-corrected chi connectivity index (χ0v) is 12.7. The highest BCUT2D eigenvalue weighted by Gasteiger charge is 2.04. The van der Waals surface area contributed by atoms with Crippen molar-refractivity contribution in [1.29, 1.82) is 0 Å². The second-order valence-corrected chi connectivity index (χ2v) is 5.62. The maximum absolute atomic E-state index is 5.55. The van der Waals surface area contributed by atoms with E-state index in [1.807, 2.05) is 0 Å². The molecule has 3 nitrogen and oxygen atoms in total. The van der Waals surface area contributed by atoms with Crippen LogP contribution in [0.1, 0.15) is 32.3 Å². The van der Waals surface area contributed by atoms with Crippen LogP contribution in [0.2, 0.25) is 0 Å². The third-order valence-electron chi connectivity index (χ3n) is 3.16. The summed E-state index contributed by atoms with van der Waals surface area (Å²) in [5.74, 6) is 0. The molecule has 2 aromatic rings. The molecule has 0 aliphatic carbocycles. The summed E-state index contributed by atoms with van der Waals surface area (Å²) in [5, 5.41) is 0. The Morgan fingerprint density at radius 1 is 1.32 bits per heavy atom. The van der Waals surface area contributed by atoms with Crippen LogP contribution in [-0.4, -0.2) is 22.3 Å². The molecule has 0 amide bonds. The highest BCUT2D eigenvalue weighted by molar-refractivity contribution is 7.71. The number of aromatic amines is 1. The number of benzene rings is 1. The lowest BCUT2D eigenvalue weighted by Gasteiger charge is -2.08. The molecule has 4 heteroatoms. The lowest BCUT2D eigenvalue weighted by molar-refractivity contribution is 0.0755. The predicted molar refractivity (Wildman–Crippen MR) is 82.2 cm³/mol. The molecule has 0 bridgehead atoms. The molecule has 0 radical (unpaired) electrons. The van der Waals surface area contributed by atoms with Crippen molar-refractivity contribution in [2.24, 2.45) is 0 Å². The zero-order chi connectivity index (χ0) is 13.8. The fourth-order valence-corrected chi connectivity index (χ4v) is 2.49. The van der Waals surface area contributed by atoms with E-state index in [0.29, 0.717) is 6.10 Å². The van der Waals surface area contributed by atoms with Crippen LogP contribution in [0.5, 0.6) is 0 Å². The highest BCUT2D eigenvalue weighted by Crippen LogP contribution is 2.16. The molecule has 0 spiro atoms. The van der Waals surface area contributed by atoms with E-state index in [1.165, 1.54) is 11.1 Å². The molecule has 1 aromatic heterocycles. The summed E-state index contributed by atoms with van der Waals surface area (Å²) in [4.78, 5) is 3.27. The first-order valence-corrected chi connectivity index (χ1v) is 7.29. The van der Waals surface area contributed by atoms with Crippen molar-refractivity contribution in [3.63, 3.8) is 0 Å². The van der Waals surface area contributed by atoms with E-state index >= 15 is 0 Å². The summed E-state index contributed by atoms with van der Waals surface area (Å²) >= 11 is 5.39. The van der Waals surface area contributed by atoms with Crippen molar-refractivity contribution in [2.75, 3.05) is 6.61 Å². The van der Waals surface area contributed by atoms with E-state index in [0.717, 1.165) is 36.3 Å². The van der Waals surface area contributed by atoms with E-state index in [1.54, 1.807) is 0 Å². The number of fused-ring (bicyclic) bond motifs is 1. The van der Waals surface area contributed by atoms with Crippen molar-refractivity contribution in [3.05, 3.63) is 28.5 Å². The number of nitrogens with one attached hydrogen (secondary N) is 1. The van der Waals surface area contributed by atoms with E-state index in [9.17, 15) is 0 Å². The summed E-state index contributed by atoms with van der Waals surface area (Å²) in [6.07, 6.45) is 2.47. The average molecular weight is 278 g/mol. The van der Waals surface area contributed by atoms with Gasteiger partial charge in [0.25, 0.3) is 0 Å². The van der Waals surface area contributed by atoms with Crippen LogP contribution >= 0.6 is 12.2 Å². The van der Waals surface area contributed by atoms with Crippen molar-refractivity contribution in [1.82, 2.24) is 9.55 Å². The van der Waals surface area contributed by atoms with Gasteiger partial charge in [0.1, 0.15) is 0 Å². The molecule has 0 fully saturated rings. The number of nitrogens with zero attached hydrogens (tertiary/aromatic N) is 1. The zero-order valence-electron chi connectivity index (χ0n) is 11.9. The summed E-state index contributed by atoms with van der Waals surface area (Å²) in [5.41, 5.74) is 3.57. The predicted octanol–water partition coefficient (Wildman–Crippen LogP) is 4.21. The topological polar surface area (TPSA) is 29.9 Å². The number of rotatable bonds is 6. The van der Waals surface area contributed by atoms with E-state index in [-0.39, 0.29) is 0 Å². The quantitative estimate of drug-likeness (QED) is 0.633.